The van der Waals surface area contributed by atoms with Crippen molar-refractivity contribution in [1.82, 2.24) is 4.90 Å². The average Bonchev–Trinajstić information content (AvgIpc) is 2.25. The van der Waals surface area contributed by atoms with Crippen molar-refractivity contribution in [2.75, 3.05) is 20.1 Å². The van der Waals surface area contributed by atoms with E-state index in [4.69, 9.17) is 5.73 Å². The Bertz CT molecular complexity index is 402. The fraction of sp³-hybridized carbons (Fsp3) is 0.647. The second-order valence-electron chi connectivity index (χ2n) is 6.82. The molecular formula is C17H30N2. The summed E-state index contributed by atoms with van der Waals surface area (Å²) in [6, 6.07) is 6.86. The first-order valence-electron chi connectivity index (χ1n) is 7.26. The van der Waals surface area contributed by atoms with Crippen LogP contribution in [0.5, 0.6) is 0 Å². The molecule has 0 aromatic heterocycles. The lowest BCUT2D eigenvalue weighted by molar-refractivity contribution is 0.273. The molecule has 2 N–H and O–H groups in total. The summed E-state index contributed by atoms with van der Waals surface area (Å²) >= 11 is 0. The molecule has 2 nitrogen and oxygen atoms in total. The minimum absolute atomic E-state index is 0.121. The smallest absolute Gasteiger partial charge is 0.0225 e. The maximum absolute atomic E-state index is 6.06. The van der Waals surface area contributed by atoms with Gasteiger partial charge in [-0.05, 0) is 56.8 Å². The van der Waals surface area contributed by atoms with Gasteiger partial charge in [-0.1, -0.05) is 32.0 Å². The lowest BCUT2D eigenvalue weighted by atomic mass is 9.96. The van der Waals surface area contributed by atoms with Crippen molar-refractivity contribution in [1.29, 1.82) is 0 Å². The maximum atomic E-state index is 6.06. The average molecular weight is 262 g/mol. The van der Waals surface area contributed by atoms with Gasteiger partial charge in [-0.2, -0.15) is 0 Å². The third-order valence-corrected chi connectivity index (χ3v) is 3.48. The van der Waals surface area contributed by atoms with Crippen molar-refractivity contribution in [3.8, 4) is 0 Å². The monoisotopic (exact) mass is 262 g/mol. The topological polar surface area (TPSA) is 29.3 Å². The largest absolute Gasteiger partial charge is 0.324 e. The van der Waals surface area contributed by atoms with Crippen LogP contribution in [0.3, 0.4) is 0 Å². The molecule has 0 aliphatic carbocycles. The van der Waals surface area contributed by atoms with E-state index in [2.05, 4.69) is 64.8 Å². The van der Waals surface area contributed by atoms with Gasteiger partial charge in [0.1, 0.15) is 0 Å². The highest BCUT2D eigenvalue weighted by Gasteiger charge is 2.14. The molecule has 0 amide bonds. The van der Waals surface area contributed by atoms with Gasteiger partial charge >= 0.3 is 0 Å². The van der Waals surface area contributed by atoms with Crippen LogP contribution < -0.4 is 5.73 Å². The van der Waals surface area contributed by atoms with Crippen molar-refractivity contribution in [3.05, 3.63) is 34.9 Å². The molecule has 0 spiro atoms. The van der Waals surface area contributed by atoms with Crippen molar-refractivity contribution < 1.29 is 0 Å². The van der Waals surface area contributed by atoms with Crippen molar-refractivity contribution in [2.45, 2.75) is 52.5 Å². The van der Waals surface area contributed by atoms with E-state index >= 15 is 0 Å². The molecule has 0 aliphatic rings. The zero-order chi connectivity index (χ0) is 14.6. The molecule has 0 unspecified atom stereocenters. The molecule has 1 aromatic carbocycles. The maximum Gasteiger partial charge on any atom is 0.0225 e. The highest BCUT2D eigenvalue weighted by atomic mass is 15.1. The number of hydrogen-bond acceptors (Lipinski definition) is 2. The Hall–Kier alpha value is -0.860. The lowest BCUT2D eigenvalue weighted by Gasteiger charge is -2.26. The van der Waals surface area contributed by atoms with Gasteiger partial charge in [0, 0.05) is 18.6 Å². The van der Waals surface area contributed by atoms with Crippen LogP contribution in [-0.4, -0.2) is 30.6 Å². The summed E-state index contributed by atoms with van der Waals surface area (Å²) in [5.41, 5.74) is 10.2. The van der Waals surface area contributed by atoms with Gasteiger partial charge in [0.05, 0.1) is 0 Å². The van der Waals surface area contributed by atoms with Crippen LogP contribution in [0.1, 0.15) is 50.3 Å². The Balaban J connectivity index is 2.64. The number of rotatable bonds is 6. The van der Waals surface area contributed by atoms with E-state index in [1.54, 1.807) is 0 Å². The number of likely N-dealkylation sites (N-methyl/N-ethyl adjacent to an activating group) is 1. The third-order valence-electron chi connectivity index (χ3n) is 3.48. The van der Waals surface area contributed by atoms with E-state index in [0.717, 1.165) is 19.5 Å². The van der Waals surface area contributed by atoms with E-state index in [9.17, 15) is 0 Å². The van der Waals surface area contributed by atoms with E-state index < -0.39 is 0 Å². The minimum Gasteiger partial charge on any atom is -0.324 e. The van der Waals surface area contributed by atoms with Crippen molar-refractivity contribution >= 4 is 0 Å². The van der Waals surface area contributed by atoms with Crippen LogP contribution in [0.25, 0.3) is 0 Å². The Morgan fingerprint density at radius 1 is 1.26 bits per heavy atom. The van der Waals surface area contributed by atoms with E-state index in [-0.39, 0.29) is 5.54 Å². The zero-order valence-electron chi connectivity index (χ0n) is 13.5. The summed E-state index contributed by atoms with van der Waals surface area (Å²) < 4.78 is 0. The number of nitrogens with two attached hydrogens (primary N) is 1. The predicted octanol–water partition coefficient (Wildman–Crippen LogP) is 3.33. The van der Waals surface area contributed by atoms with E-state index in [1.165, 1.54) is 16.7 Å². The Labute approximate surface area is 119 Å². The number of benzene rings is 1. The van der Waals surface area contributed by atoms with E-state index in [0.29, 0.717) is 5.92 Å². The molecule has 1 aromatic rings. The summed E-state index contributed by atoms with van der Waals surface area (Å²) in [6.45, 7) is 12.8. The Morgan fingerprint density at radius 3 is 2.42 bits per heavy atom. The number of nitrogens with zero attached hydrogens (tertiary/aromatic N) is 1. The van der Waals surface area contributed by atoms with Crippen LogP contribution >= 0.6 is 0 Å². The van der Waals surface area contributed by atoms with Gasteiger partial charge in [0.2, 0.25) is 0 Å². The van der Waals surface area contributed by atoms with Crippen LogP contribution in [0, 0.1) is 6.92 Å². The number of hydrogen-bond donors (Lipinski definition) is 1. The minimum atomic E-state index is -0.121. The molecule has 0 saturated carbocycles. The molecule has 1 rings (SSSR count). The molecular weight excluding hydrogens is 232 g/mol. The number of aryl methyl sites for hydroxylation is 1. The SMILES string of the molecule is Cc1ccc(C(C)C)cc1CCN(C)CC(C)(C)N. The molecule has 2 heteroatoms. The van der Waals surface area contributed by atoms with Crippen molar-refractivity contribution in [3.63, 3.8) is 0 Å². The second kappa shape index (κ2) is 6.53. The molecule has 0 bridgehead atoms. The fourth-order valence-electron chi connectivity index (χ4n) is 2.41. The zero-order valence-corrected chi connectivity index (χ0v) is 13.5. The third kappa shape index (κ3) is 5.75. The van der Waals surface area contributed by atoms with Crippen molar-refractivity contribution in [2.24, 2.45) is 5.73 Å². The molecule has 0 fully saturated rings. The van der Waals surface area contributed by atoms with Gasteiger partial charge < -0.3 is 10.6 Å². The molecule has 108 valence electrons. The first-order valence-corrected chi connectivity index (χ1v) is 7.26. The lowest BCUT2D eigenvalue weighted by Crippen LogP contribution is -2.44. The van der Waals surface area contributed by atoms with Gasteiger partial charge in [0.15, 0.2) is 0 Å². The van der Waals surface area contributed by atoms with Crippen LogP contribution in [0.15, 0.2) is 18.2 Å². The Morgan fingerprint density at radius 2 is 1.89 bits per heavy atom. The van der Waals surface area contributed by atoms with Gasteiger partial charge in [-0.3, -0.25) is 0 Å². The molecule has 0 heterocycles. The molecule has 0 atom stereocenters. The summed E-state index contributed by atoms with van der Waals surface area (Å²) in [5, 5.41) is 0. The molecule has 0 saturated heterocycles. The first kappa shape index (κ1) is 16.2. The molecule has 0 aliphatic heterocycles. The van der Waals surface area contributed by atoms with Gasteiger partial charge in [-0.15, -0.1) is 0 Å². The highest BCUT2D eigenvalue weighted by molar-refractivity contribution is 5.32. The van der Waals surface area contributed by atoms with Crippen LogP contribution in [0.4, 0.5) is 0 Å². The standard InChI is InChI=1S/C17H30N2/c1-13(2)15-8-7-14(3)16(11-15)9-10-19(6)12-17(4,5)18/h7-8,11,13H,9-10,12,18H2,1-6H3. The summed E-state index contributed by atoms with van der Waals surface area (Å²) in [7, 11) is 2.15. The fourth-order valence-corrected chi connectivity index (χ4v) is 2.41. The highest BCUT2D eigenvalue weighted by Crippen LogP contribution is 2.19. The second-order valence-corrected chi connectivity index (χ2v) is 6.82. The first-order chi connectivity index (χ1) is 8.69. The van der Waals surface area contributed by atoms with Crippen LogP contribution in [-0.2, 0) is 6.42 Å². The molecule has 0 radical (unpaired) electrons. The predicted molar refractivity (Wildman–Crippen MR) is 84.7 cm³/mol. The van der Waals surface area contributed by atoms with Gasteiger partial charge in [0.25, 0.3) is 0 Å². The summed E-state index contributed by atoms with van der Waals surface area (Å²) in [4.78, 5) is 2.32. The summed E-state index contributed by atoms with van der Waals surface area (Å²) in [6.07, 6.45) is 1.10. The van der Waals surface area contributed by atoms with E-state index in [1.807, 2.05) is 0 Å². The Kier molecular flexibility index (Phi) is 5.57. The molecule has 19 heavy (non-hydrogen) atoms. The van der Waals surface area contributed by atoms with Gasteiger partial charge in [-0.25, -0.2) is 0 Å². The normalized spacial score (nSPS) is 12.5. The van der Waals surface area contributed by atoms with Crippen LogP contribution in [0.2, 0.25) is 0 Å². The quantitative estimate of drug-likeness (QED) is 0.852. The summed E-state index contributed by atoms with van der Waals surface area (Å²) in [5.74, 6) is 0.597.